The molecule has 2 aromatic carbocycles. The average molecular weight is 374 g/mol. The van der Waals surface area contributed by atoms with Crippen LogP contribution in [0.5, 0.6) is 0 Å². The summed E-state index contributed by atoms with van der Waals surface area (Å²) in [6.45, 7) is 3.31. The molecule has 0 spiro atoms. The molecule has 1 aromatic heterocycles. The number of nitrogens with zero attached hydrogens (tertiary/aromatic N) is 3. The molecule has 4 rings (SSSR count). The minimum Gasteiger partial charge on any atom is -0.341 e. The van der Waals surface area contributed by atoms with E-state index in [1.807, 2.05) is 17.3 Å². The third-order valence-electron chi connectivity index (χ3n) is 5.67. The Bertz CT molecular complexity index is 918. The fraction of sp³-hybridized carbons (Fsp3) is 0.333. The van der Waals surface area contributed by atoms with Crippen molar-refractivity contribution >= 4 is 5.91 Å². The second kappa shape index (κ2) is 8.42. The van der Waals surface area contributed by atoms with E-state index >= 15 is 0 Å². The van der Waals surface area contributed by atoms with Gasteiger partial charge in [0.15, 0.2) is 0 Å². The first-order valence-corrected chi connectivity index (χ1v) is 10.1. The normalized spacial score (nSPS) is 16.9. The Balaban J connectivity index is 1.65. The molecule has 0 saturated carbocycles. The molecular formula is C24H27N3O. The number of hydrogen-bond acceptors (Lipinski definition) is 2. The van der Waals surface area contributed by atoms with Crippen molar-refractivity contribution < 1.29 is 4.79 Å². The van der Waals surface area contributed by atoms with E-state index < -0.39 is 0 Å². The minimum absolute atomic E-state index is 0.166. The van der Waals surface area contributed by atoms with Crippen molar-refractivity contribution in [1.29, 1.82) is 0 Å². The Morgan fingerprint density at radius 3 is 2.46 bits per heavy atom. The lowest BCUT2D eigenvalue weighted by molar-refractivity contribution is -0.130. The molecule has 144 valence electrons. The van der Waals surface area contributed by atoms with Crippen LogP contribution in [0.25, 0.3) is 11.3 Å². The summed E-state index contributed by atoms with van der Waals surface area (Å²) >= 11 is 0. The maximum Gasteiger partial charge on any atom is 0.219 e. The highest BCUT2D eigenvalue weighted by Gasteiger charge is 2.25. The van der Waals surface area contributed by atoms with Crippen molar-refractivity contribution in [2.24, 2.45) is 0 Å². The number of likely N-dealkylation sites (tertiary alicyclic amines) is 1. The molecule has 1 amide bonds. The Morgan fingerprint density at radius 1 is 1.04 bits per heavy atom. The predicted molar refractivity (Wildman–Crippen MR) is 112 cm³/mol. The standard InChI is InChI=1S/C24H27N3O/c1-19(28)26-16-8-13-22(17-26)27-18-25-24(21-11-6-3-7-12-21)23(27)15-14-20-9-4-2-5-10-20/h2-7,9-12,18,22H,8,13-17H2,1H3/t22-/m1/s1. The number of rotatable bonds is 5. The minimum atomic E-state index is 0.166. The molecule has 4 nitrogen and oxygen atoms in total. The summed E-state index contributed by atoms with van der Waals surface area (Å²) < 4.78 is 2.33. The number of benzene rings is 2. The first-order valence-electron chi connectivity index (χ1n) is 10.1. The van der Waals surface area contributed by atoms with Gasteiger partial charge in [-0.05, 0) is 31.2 Å². The van der Waals surface area contributed by atoms with Gasteiger partial charge in [0.25, 0.3) is 0 Å². The van der Waals surface area contributed by atoms with Crippen molar-refractivity contribution in [3.8, 4) is 11.3 Å². The number of carbonyl (C=O) groups is 1. The zero-order valence-electron chi connectivity index (χ0n) is 16.4. The Morgan fingerprint density at radius 2 is 1.75 bits per heavy atom. The lowest BCUT2D eigenvalue weighted by Gasteiger charge is -2.33. The van der Waals surface area contributed by atoms with Gasteiger partial charge in [-0.2, -0.15) is 0 Å². The molecule has 0 aliphatic carbocycles. The summed E-state index contributed by atoms with van der Waals surface area (Å²) in [7, 11) is 0. The molecule has 2 heterocycles. The second-order valence-electron chi connectivity index (χ2n) is 7.56. The third kappa shape index (κ3) is 4.01. The maximum absolute atomic E-state index is 11.9. The quantitative estimate of drug-likeness (QED) is 0.659. The molecule has 1 atom stereocenters. The lowest BCUT2D eigenvalue weighted by atomic mass is 10.0. The monoisotopic (exact) mass is 373 g/mol. The van der Waals surface area contributed by atoms with Crippen molar-refractivity contribution in [1.82, 2.24) is 14.5 Å². The van der Waals surface area contributed by atoms with Crippen LogP contribution in [0.15, 0.2) is 67.0 Å². The molecule has 1 aliphatic rings. The zero-order valence-corrected chi connectivity index (χ0v) is 16.4. The molecule has 0 N–H and O–H groups in total. The van der Waals surface area contributed by atoms with Gasteiger partial charge in [-0.1, -0.05) is 60.7 Å². The van der Waals surface area contributed by atoms with Crippen LogP contribution < -0.4 is 0 Å². The van der Waals surface area contributed by atoms with Gasteiger partial charge in [0.05, 0.1) is 18.1 Å². The van der Waals surface area contributed by atoms with E-state index in [2.05, 4.69) is 59.2 Å². The maximum atomic E-state index is 11.9. The summed E-state index contributed by atoms with van der Waals surface area (Å²) in [5.74, 6) is 0.166. The molecule has 1 aliphatic heterocycles. The van der Waals surface area contributed by atoms with E-state index in [9.17, 15) is 4.79 Å². The summed E-state index contributed by atoms with van der Waals surface area (Å²) in [5, 5.41) is 0. The van der Waals surface area contributed by atoms with Gasteiger partial charge in [0, 0.05) is 31.3 Å². The van der Waals surface area contributed by atoms with Crippen LogP contribution in [-0.4, -0.2) is 33.4 Å². The highest BCUT2D eigenvalue weighted by Crippen LogP contribution is 2.29. The highest BCUT2D eigenvalue weighted by atomic mass is 16.2. The summed E-state index contributed by atoms with van der Waals surface area (Å²) in [4.78, 5) is 18.7. The summed E-state index contributed by atoms with van der Waals surface area (Å²) in [6.07, 6.45) is 6.03. The Labute approximate surface area is 166 Å². The van der Waals surface area contributed by atoms with Crippen LogP contribution in [-0.2, 0) is 17.6 Å². The predicted octanol–water partition coefficient (Wildman–Crippen LogP) is 4.52. The third-order valence-corrected chi connectivity index (χ3v) is 5.67. The number of aromatic nitrogens is 2. The summed E-state index contributed by atoms with van der Waals surface area (Å²) in [6, 6.07) is 21.3. The van der Waals surface area contributed by atoms with E-state index in [4.69, 9.17) is 4.98 Å². The van der Waals surface area contributed by atoms with E-state index in [1.54, 1.807) is 6.92 Å². The largest absolute Gasteiger partial charge is 0.341 e. The van der Waals surface area contributed by atoms with Crippen LogP contribution >= 0.6 is 0 Å². The number of amides is 1. The van der Waals surface area contributed by atoms with Crippen molar-refractivity contribution in [3.63, 3.8) is 0 Å². The number of aryl methyl sites for hydroxylation is 1. The van der Waals surface area contributed by atoms with E-state index in [1.165, 1.54) is 11.3 Å². The zero-order chi connectivity index (χ0) is 19.3. The van der Waals surface area contributed by atoms with Gasteiger partial charge >= 0.3 is 0 Å². The van der Waals surface area contributed by atoms with Crippen LogP contribution in [0.4, 0.5) is 0 Å². The van der Waals surface area contributed by atoms with Gasteiger partial charge in [-0.3, -0.25) is 4.79 Å². The van der Waals surface area contributed by atoms with E-state index in [-0.39, 0.29) is 5.91 Å². The molecule has 1 fully saturated rings. The number of hydrogen-bond donors (Lipinski definition) is 0. The van der Waals surface area contributed by atoms with Crippen molar-refractivity contribution in [2.45, 2.75) is 38.6 Å². The van der Waals surface area contributed by atoms with E-state index in [0.29, 0.717) is 6.04 Å². The molecule has 0 unspecified atom stereocenters. The van der Waals surface area contributed by atoms with Gasteiger partial charge in [-0.15, -0.1) is 0 Å². The first-order chi connectivity index (χ1) is 13.7. The van der Waals surface area contributed by atoms with Crippen LogP contribution in [0, 0.1) is 0 Å². The number of carbonyl (C=O) groups excluding carboxylic acids is 1. The van der Waals surface area contributed by atoms with Crippen LogP contribution in [0.3, 0.4) is 0 Å². The number of imidazole rings is 1. The molecule has 0 bridgehead atoms. The molecular weight excluding hydrogens is 346 g/mol. The van der Waals surface area contributed by atoms with Crippen LogP contribution in [0.2, 0.25) is 0 Å². The Hall–Kier alpha value is -2.88. The van der Waals surface area contributed by atoms with E-state index in [0.717, 1.165) is 50.0 Å². The topological polar surface area (TPSA) is 38.1 Å². The lowest BCUT2D eigenvalue weighted by Crippen LogP contribution is -2.39. The van der Waals surface area contributed by atoms with Gasteiger partial charge < -0.3 is 9.47 Å². The first kappa shape index (κ1) is 18.5. The highest BCUT2D eigenvalue weighted by molar-refractivity contribution is 5.73. The second-order valence-corrected chi connectivity index (χ2v) is 7.56. The van der Waals surface area contributed by atoms with Gasteiger partial charge in [0.1, 0.15) is 0 Å². The molecule has 1 saturated heterocycles. The fourth-order valence-electron chi connectivity index (χ4n) is 4.16. The van der Waals surface area contributed by atoms with Crippen molar-refractivity contribution in [2.75, 3.05) is 13.1 Å². The SMILES string of the molecule is CC(=O)N1CCC[C@@H](n2cnc(-c3ccccc3)c2CCc2ccccc2)C1. The molecule has 3 aromatic rings. The fourth-order valence-corrected chi connectivity index (χ4v) is 4.16. The average Bonchev–Trinajstić information content (AvgIpc) is 3.17. The smallest absolute Gasteiger partial charge is 0.219 e. The van der Waals surface area contributed by atoms with Gasteiger partial charge in [-0.25, -0.2) is 4.98 Å². The molecule has 0 radical (unpaired) electrons. The number of piperidine rings is 1. The molecule has 28 heavy (non-hydrogen) atoms. The molecule has 4 heteroatoms. The van der Waals surface area contributed by atoms with Gasteiger partial charge in [0.2, 0.25) is 5.91 Å². The summed E-state index contributed by atoms with van der Waals surface area (Å²) in [5.41, 5.74) is 4.83. The Kier molecular flexibility index (Phi) is 5.56. The van der Waals surface area contributed by atoms with Crippen LogP contribution in [0.1, 0.15) is 37.1 Å². The van der Waals surface area contributed by atoms with Crippen molar-refractivity contribution in [3.05, 3.63) is 78.2 Å².